The van der Waals surface area contributed by atoms with Crippen molar-refractivity contribution in [1.82, 2.24) is 0 Å². The van der Waals surface area contributed by atoms with E-state index >= 15 is 0 Å². The highest BCUT2D eigenvalue weighted by molar-refractivity contribution is 9.10. The summed E-state index contributed by atoms with van der Waals surface area (Å²) >= 11 is 8.76. The second-order valence-corrected chi connectivity index (χ2v) is 4.57. The number of aromatic hydroxyl groups is 1. The van der Waals surface area contributed by atoms with Crippen molar-refractivity contribution in [2.75, 3.05) is 0 Å². The van der Waals surface area contributed by atoms with Crippen molar-refractivity contribution in [3.8, 4) is 5.75 Å². The Bertz CT molecular complexity index is 347. The van der Waals surface area contributed by atoms with Crippen LogP contribution in [0.1, 0.15) is 31.4 Å². The van der Waals surface area contributed by atoms with Crippen LogP contribution in [-0.2, 0) is 0 Å². The molecule has 1 aromatic rings. The predicted octanol–water partition coefficient (Wildman–Crippen LogP) is 3.75. The van der Waals surface area contributed by atoms with Crippen molar-refractivity contribution in [2.24, 2.45) is 5.73 Å². The lowest BCUT2D eigenvalue weighted by Crippen LogP contribution is -2.12. The average Bonchev–Trinajstić information content (AvgIpc) is 2.16. The van der Waals surface area contributed by atoms with Crippen LogP contribution in [0.2, 0.25) is 5.02 Å². The molecule has 0 aliphatic heterocycles. The highest BCUT2D eigenvalue weighted by Gasteiger charge is 2.20. The maximum absolute atomic E-state index is 13.7. The molecule has 0 saturated carbocycles. The number of phenols is 1. The van der Waals surface area contributed by atoms with Gasteiger partial charge in [-0.05, 0) is 28.4 Å². The van der Waals surface area contributed by atoms with E-state index in [1.807, 2.05) is 6.92 Å². The SMILES string of the molecule is CCCC(N)c1c(O)c(Cl)cc(Br)c1F. The van der Waals surface area contributed by atoms with Gasteiger partial charge in [-0.2, -0.15) is 0 Å². The van der Waals surface area contributed by atoms with Gasteiger partial charge in [-0.3, -0.25) is 0 Å². The minimum atomic E-state index is -0.544. The summed E-state index contributed by atoms with van der Waals surface area (Å²) in [6.07, 6.45) is 1.40. The van der Waals surface area contributed by atoms with Crippen LogP contribution >= 0.6 is 27.5 Å². The van der Waals surface area contributed by atoms with Gasteiger partial charge in [0.15, 0.2) is 0 Å². The Kier molecular flexibility index (Phi) is 4.37. The van der Waals surface area contributed by atoms with Crippen LogP contribution in [0.3, 0.4) is 0 Å². The van der Waals surface area contributed by atoms with E-state index in [4.69, 9.17) is 17.3 Å². The van der Waals surface area contributed by atoms with Crippen LogP contribution in [0.15, 0.2) is 10.5 Å². The molecule has 0 aliphatic rings. The van der Waals surface area contributed by atoms with Crippen molar-refractivity contribution >= 4 is 27.5 Å². The van der Waals surface area contributed by atoms with Gasteiger partial charge in [-0.25, -0.2) is 4.39 Å². The molecule has 0 bridgehead atoms. The zero-order valence-electron chi connectivity index (χ0n) is 8.23. The molecule has 1 aromatic carbocycles. The minimum Gasteiger partial charge on any atom is -0.506 e. The normalized spacial score (nSPS) is 12.9. The molecule has 0 fully saturated rings. The highest BCUT2D eigenvalue weighted by Crippen LogP contribution is 2.38. The van der Waals surface area contributed by atoms with E-state index in [0.29, 0.717) is 6.42 Å². The Labute approximate surface area is 101 Å². The summed E-state index contributed by atoms with van der Waals surface area (Å²) in [6, 6.07) is 0.777. The Balaban J connectivity index is 3.26. The van der Waals surface area contributed by atoms with Crippen LogP contribution in [-0.4, -0.2) is 5.11 Å². The van der Waals surface area contributed by atoms with E-state index in [0.717, 1.165) is 6.42 Å². The fourth-order valence-electron chi connectivity index (χ4n) is 1.40. The molecule has 0 heterocycles. The first-order chi connectivity index (χ1) is 6.99. The molecular weight excluding hydrogens is 284 g/mol. The fraction of sp³-hybridized carbons (Fsp3) is 0.400. The average molecular weight is 297 g/mol. The van der Waals surface area contributed by atoms with Crippen LogP contribution in [0.5, 0.6) is 5.75 Å². The van der Waals surface area contributed by atoms with Crippen LogP contribution < -0.4 is 5.73 Å². The first-order valence-electron chi connectivity index (χ1n) is 4.61. The van der Waals surface area contributed by atoms with Gasteiger partial charge in [0.05, 0.1) is 9.50 Å². The summed E-state index contributed by atoms with van der Waals surface area (Å²) in [4.78, 5) is 0. The molecule has 84 valence electrons. The maximum Gasteiger partial charge on any atom is 0.145 e. The summed E-state index contributed by atoms with van der Waals surface area (Å²) < 4.78 is 13.9. The number of rotatable bonds is 3. The quantitative estimate of drug-likeness (QED) is 0.835. The number of halogens is 3. The molecule has 3 N–H and O–H groups in total. The molecular formula is C10H12BrClFNO. The summed E-state index contributed by atoms with van der Waals surface area (Å²) in [5.41, 5.74) is 5.85. The summed E-state index contributed by atoms with van der Waals surface area (Å²) in [6.45, 7) is 1.94. The molecule has 2 nitrogen and oxygen atoms in total. The van der Waals surface area contributed by atoms with Crippen molar-refractivity contribution < 1.29 is 9.50 Å². The zero-order valence-corrected chi connectivity index (χ0v) is 10.6. The molecule has 5 heteroatoms. The fourth-order valence-corrected chi connectivity index (χ4v) is 2.18. The maximum atomic E-state index is 13.7. The van der Waals surface area contributed by atoms with Gasteiger partial charge in [0.2, 0.25) is 0 Å². The van der Waals surface area contributed by atoms with Gasteiger partial charge in [0.1, 0.15) is 11.6 Å². The van der Waals surface area contributed by atoms with Crippen molar-refractivity contribution in [3.05, 3.63) is 26.9 Å². The molecule has 0 saturated heterocycles. The van der Waals surface area contributed by atoms with Crippen molar-refractivity contribution in [3.63, 3.8) is 0 Å². The number of nitrogens with two attached hydrogens (primary N) is 1. The monoisotopic (exact) mass is 295 g/mol. The third kappa shape index (κ3) is 2.62. The van der Waals surface area contributed by atoms with E-state index in [-0.39, 0.29) is 20.8 Å². The lowest BCUT2D eigenvalue weighted by Gasteiger charge is -2.15. The molecule has 0 spiro atoms. The van der Waals surface area contributed by atoms with Gasteiger partial charge >= 0.3 is 0 Å². The zero-order chi connectivity index (χ0) is 11.6. The van der Waals surface area contributed by atoms with E-state index in [1.54, 1.807) is 0 Å². The molecule has 0 aliphatic carbocycles. The second-order valence-electron chi connectivity index (χ2n) is 3.31. The Morgan fingerprint density at radius 2 is 2.27 bits per heavy atom. The van der Waals surface area contributed by atoms with Crippen molar-refractivity contribution in [1.29, 1.82) is 0 Å². The number of hydrogen-bond donors (Lipinski definition) is 2. The van der Waals surface area contributed by atoms with E-state index in [9.17, 15) is 9.50 Å². The Morgan fingerprint density at radius 3 is 2.80 bits per heavy atom. The number of benzene rings is 1. The molecule has 15 heavy (non-hydrogen) atoms. The molecule has 1 rings (SSSR count). The Morgan fingerprint density at radius 1 is 1.67 bits per heavy atom. The predicted molar refractivity (Wildman–Crippen MR) is 62.6 cm³/mol. The summed E-state index contributed by atoms with van der Waals surface area (Å²) in [5, 5.41) is 9.73. The standard InChI is InChI=1S/C10H12BrClFNO/c1-2-3-7(14)8-9(13)5(11)4-6(12)10(8)15/h4,7,15H,2-3,14H2,1H3. The summed E-state index contributed by atoms with van der Waals surface area (Å²) in [7, 11) is 0. The Hall–Kier alpha value is -0.320. The topological polar surface area (TPSA) is 46.2 Å². The largest absolute Gasteiger partial charge is 0.506 e. The molecule has 0 aromatic heterocycles. The van der Waals surface area contributed by atoms with E-state index in [2.05, 4.69) is 15.9 Å². The lowest BCUT2D eigenvalue weighted by molar-refractivity contribution is 0.443. The van der Waals surface area contributed by atoms with Crippen LogP contribution in [0, 0.1) is 5.82 Å². The van der Waals surface area contributed by atoms with E-state index in [1.165, 1.54) is 6.07 Å². The molecule has 0 radical (unpaired) electrons. The van der Waals surface area contributed by atoms with Crippen LogP contribution in [0.25, 0.3) is 0 Å². The first-order valence-corrected chi connectivity index (χ1v) is 5.78. The smallest absolute Gasteiger partial charge is 0.145 e. The lowest BCUT2D eigenvalue weighted by atomic mass is 10.0. The van der Waals surface area contributed by atoms with Gasteiger partial charge in [0, 0.05) is 11.6 Å². The third-order valence-electron chi connectivity index (χ3n) is 2.15. The third-order valence-corrected chi connectivity index (χ3v) is 3.02. The number of phenolic OH excluding ortho intramolecular Hbond substituents is 1. The van der Waals surface area contributed by atoms with Gasteiger partial charge in [0.25, 0.3) is 0 Å². The first kappa shape index (κ1) is 12.7. The van der Waals surface area contributed by atoms with E-state index < -0.39 is 11.9 Å². The van der Waals surface area contributed by atoms with Gasteiger partial charge in [-0.15, -0.1) is 0 Å². The number of hydrogen-bond acceptors (Lipinski definition) is 2. The highest BCUT2D eigenvalue weighted by atomic mass is 79.9. The molecule has 1 atom stereocenters. The molecule has 1 unspecified atom stereocenters. The van der Waals surface area contributed by atoms with Crippen molar-refractivity contribution in [2.45, 2.75) is 25.8 Å². The summed E-state index contributed by atoms with van der Waals surface area (Å²) in [5.74, 6) is -0.809. The molecule has 0 amide bonds. The van der Waals surface area contributed by atoms with Crippen LogP contribution in [0.4, 0.5) is 4.39 Å². The van der Waals surface area contributed by atoms with Gasteiger partial charge in [-0.1, -0.05) is 24.9 Å². The minimum absolute atomic E-state index is 0.0798. The second kappa shape index (κ2) is 5.14. The van der Waals surface area contributed by atoms with Gasteiger partial charge < -0.3 is 10.8 Å².